The fourth-order valence-corrected chi connectivity index (χ4v) is 2.67. The number of rotatable bonds is 7. The molecule has 2 unspecified atom stereocenters. The van der Waals surface area contributed by atoms with Gasteiger partial charge in [-0.05, 0) is 11.8 Å². The Hall–Kier alpha value is -1.17. The van der Waals surface area contributed by atoms with E-state index in [9.17, 15) is 14.7 Å². The highest BCUT2D eigenvalue weighted by atomic mass is 32.2. The quantitative estimate of drug-likeness (QED) is 0.670. The number of aliphatic hydroxyl groups is 1. The second kappa shape index (κ2) is 7.57. The van der Waals surface area contributed by atoms with Crippen molar-refractivity contribution in [1.82, 2.24) is 10.6 Å². The van der Waals surface area contributed by atoms with Gasteiger partial charge in [0, 0.05) is 6.54 Å². The molecule has 0 saturated heterocycles. The summed E-state index contributed by atoms with van der Waals surface area (Å²) in [5.41, 5.74) is 0. The third-order valence-electron chi connectivity index (χ3n) is 3.29. The van der Waals surface area contributed by atoms with Gasteiger partial charge in [0.15, 0.2) is 0 Å². The van der Waals surface area contributed by atoms with E-state index in [0.29, 0.717) is 12.5 Å². The summed E-state index contributed by atoms with van der Waals surface area (Å²) in [7, 11) is 0. The van der Waals surface area contributed by atoms with Crippen LogP contribution in [-0.4, -0.2) is 35.3 Å². The standard InChI is InChI=1S/C14H24N2O3S/c1-5-9(4)11-12(18)13(14(19)16-11)20-7-10(17)15-6-8(2)3/h8-9,11,18H,5-7H2,1-4H3,(H,15,17)(H,16,19). The molecule has 0 spiro atoms. The highest BCUT2D eigenvalue weighted by Crippen LogP contribution is 2.29. The van der Waals surface area contributed by atoms with Crippen molar-refractivity contribution >= 4 is 23.6 Å². The maximum absolute atomic E-state index is 11.8. The number of carbonyl (C=O) groups is 2. The van der Waals surface area contributed by atoms with E-state index in [0.717, 1.165) is 18.2 Å². The van der Waals surface area contributed by atoms with Gasteiger partial charge < -0.3 is 15.7 Å². The Morgan fingerprint density at radius 2 is 2.10 bits per heavy atom. The summed E-state index contributed by atoms with van der Waals surface area (Å²) in [6, 6.07) is -0.325. The molecule has 1 rings (SSSR count). The molecule has 0 saturated carbocycles. The Kier molecular flexibility index (Phi) is 6.39. The highest BCUT2D eigenvalue weighted by molar-refractivity contribution is 8.04. The van der Waals surface area contributed by atoms with Crippen molar-refractivity contribution in [1.29, 1.82) is 0 Å². The molecular formula is C14H24N2O3S. The van der Waals surface area contributed by atoms with Gasteiger partial charge in [-0.1, -0.05) is 34.1 Å². The normalized spacial score (nSPS) is 20.2. The molecule has 2 atom stereocenters. The molecule has 0 bridgehead atoms. The van der Waals surface area contributed by atoms with Crippen LogP contribution in [0.3, 0.4) is 0 Å². The molecule has 20 heavy (non-hydrogen) atoms. The van der Waals surface area contributed by atoms with Gasteiger partial charge in [0.2, 0.25) is 5.91 Å². The van der Waals surface area contributed by atoms with Crippen molar-refractivity contribution in [3.8, 4) is 0 Å². The molecule has 1 aliphatic rings. The van der Waals surface area contributed by atoms with E-state index in [1.807, 2.05) is 27.7 Å². The van der Waals surface area contributed by atoms with E-state index in [-0.39, 0.29) is 40.2 Å². The number of carbonyl (C=O) groups excluding carboxylic acids is 2. The zero-order chi connectivity index (χ0) is 15.3. The predicted molar refractivity (Wildman–Crippen MR) is 81.3 cm³/mol. The van der Waals surface area contributed by atoms with Crippen LogP contribution in [0.15, 0.2) is 10.7 Å². The van der Waals surface area contributed by atoms with Crippen molar-refractivity contribution in [3.05, 3.63) is 10.7 Å². The molecular weight excluding hydrogens is 276 g/mol. The number of thioether (sulfide) groups is 1. The van der Waals surface area contributed by atoms with Crippen LogP contribution in [-0.2, 0) is 9.59 Å². The number of amides is 2. The minimum Gasteiger partial charge on any atom is -0.509 e. The summed E-state index contributed by atoms with van der Waals surface area (Å²) in [4.78, 5) is 23.7. The van der Waals surface area contributed by atoms with E-state index in [2.05, 4.69) is 10.6 Å². The molecule has 3 N–H and O–H groups in total. The predicted octanol–water partition coefficient (Wildman–Crippen LogP) is 1.81. The zero-order valence-corrected chi connectivity index (χ0v) is 13.3. The molecule has 0 radical (unpaired) electrons. The maximum Gasteiger partial charge on any atom is 0.261 e. The molecule has 0 aliphatic carbocycles. The monoisotopic (exact) mass is 300 g/mol. The average Bonchev–Trinajstić information content (AvgIpc) is 2.68. The topological polar surface area (TPSA) is 78.4 Å². The lowest BCUT2D eigenvalue weighted by atomic mass is 9.99. The molecule has 0 aromatic carbocycles. The third-order valence-corrected chi connectivity index (χ3v) is 4.38. The van der Waals surface area contributed by atoms with Crippen molar-refractivity contribution < 1.29 is 14.7 Å². The molecule has 0 aromatic heterocycles. The molecule has 1 aliphatic heterocycles. The van der Waals surface area contributed by atoms with Gasteiger partial charge in [-0.2, -0.15) is 0 Å². The Labute approximate surface area is 124 Å². The van der Waals surface area contributed by atoms with Crippen LogP contribution >= 0.6 is 11.8 Å². The zero-order valence-electron chi connectivity index (χ0n) is 12.5. The summed E-state index contributed by atoms with van der Waals surface area (Å²) in [6.07, 6.45) is 0.863. The first-order valence-corrected chi connectivity index (χ1v) is 7.98. The number of nitrogens with one attached hydrogen (secondary N) is 2. The summed E-state index contributed by atoms with van der Waals surface area (Å²) in [5.74, 6) is 0.379. The lowest BCUT2D eigenvalue weighted by molar-refractivity contribution is -0.118. The van der Waals surface area contributed by atoms with Crippen LogP contribution in [0.5, 0.6) is 0 Å². The Balaban J connectivity index is 2.55. The first-order valence-electron chi connectivity index (χ1n) is 7.00. The molecule has 114 valence electrons. The Bertz CT molecular complexity index is 407. The first-order chi connectivity index (χ1) is 9.36. The fraction of sp³-hybridized carbons (Fsp3) is 0.714. The second-order valence-corrected chi connectivity index (χ2v) is 6.52. The third kappa shape index (κ3) is 4.44. The molecule has 0 aromatic rings. The van der Waals surface area contributed by atoms with Gasteiger partial charge in [0.25, 0.3) is 5.91 Å². The van der Waals surface area contributed by atoms with E-state index in [4.69, 9.17) is 0 Å². The van der Waals surface area contributed by atoms with E-state index in [1.165, 1.54) is 0 Å². The fourth-order valence-electron chi connectivity index (χ4n) is 1.83. The Morgan fingerprint density at radius 1 is 1.45 bits per heavy atom. The van der Waals surface area contributed by atoms with Crippen molar-refractivity contribution in [2.45, 2.75) is 40.2 Å². The van der Waals surface area contributed by atoms with Crippen LogP contribution in [0.4, 0.5) is 0 Å². The number of hydrogen-bond donors (Lipinski definition) is 3. The largest absolute Gasteiger partial charge is 0.509 e. The summed E-state index contributed by atoms with van der Waals surface area (Å²) >= 11 is 1.10. The van der Waals surface area contributed by atoms with Crippen molar-refractivity contribution in [3.63, 3.8) is 0 Å². The average molecular weight is 300 g/mol. The minimum atomic E-state index is -0.325. The SMILES string of the molecule is CCC(C)C1NC(=O)C(SCC(=O)NCC(C)C)=C1O. The van der Waals surface area contributed by atoms with Crippen LogP contribution in [0.25, 0.3) is 0 Å². The smallest absolute Gasteiger partial charge is 0.261 e. The van der Waals surface area contributed by atoms with Gasteiger partial charge in [0.05, 0.1) is 11.8 Å². The van der Waals surface area contributed by atoms with Gasteiger partial charge in [-0.3, -0.25) is 9.59 Å². The minimum absolute atomic E-state index is 0.0750. The Morgan fingerprint density at radius 3 is 2.65 bits per heavy atom. The van der Waals surface area contributed by atoms with Crippen LogP contribution in [0, 0.1) is 11.8 Å². The van der Waals surface area contributed by atoms with Gasteiger partial charge in [-0.25, -0.2) is 0 Å². The van der Waals surface area contributed by atoms with Gasteiger partial charge in [0.1, 0.15) is 10.7 Å². The maximum atomic E-state index is 11.8. The molecule has 0 fully saturated rings. The van der Waals surface area contributed by atoms with Gasteiger partial charge in [-0.15, -0.1) is 11.8 Å². The summed E-state index contributed by atoms with van der Waals surface area (Å²) in [6.45, 7) is 8.64. The van der Waals surface area contributed by atoms with Crippen LogP contribution in [0.2, 0.25) is 0 Å². The lowest BCUT2D eigenvalue weighted by Gasteiger charge is -2.17. The van der Waals surface area contributed by atoms with E-state index < -0.39 is 0 Å². The van der Waals surface area contributed by atoms with E-state index >= 15 is 0 Å². The molecule has 6 heteroatoms. The van der Waals surface area contributed by atoms with Crippen molar-refractivity contribution in [2.75, 3.05) is 12.3 Å². The highest BCUT2D eigenvalue weighted by Gasteiger charge is 2.34. The summed E-state index contributed by atoms with van der Waals surface area (Å²) in [5, 5.41) is 15.6. The van der Waals surface area contributed by atoms with Gasteiger partial charge >= 0.3 is 0 Å². The summed E-state index contributed by atoms with van der Waals surface area (Å²) < 4.78 is 0. The van der Waals surface area contributed by atoms with Crippen LogP contribution in [0.1, 0.15) is 34.1 Å². The number of hydrogen-bond acceptors (Lipinski definition) is 4. The lowest BCUT2D eigenvalue weighted by Crippen LogP contribution is -2.34. The molecule has 5 nitrogen and oxygen atoms in total. The van der Waals surface area contributed by atoms with E-state index in [1.54, 1.807) is 0 Å². The molecule has 2 amide bonds. The van der Waals surface area contributed by atoms with Crippen molar-refractivity contribution in [2.24, 2.45) is 11.8 Å². The molecule has 1 heterocycles. The first kappa shape index (κ1) is 16.9. The van der Waals surface area contributed by atoms with Crippen LogP contribution < -0.4 is 10.6 Å². The number of aliphatic hydroxyl groups excluding tert-OH is 1. The second-order valence-electron chi connectivity index (χ2n) is 5.54.